The molecule has 212 valence electrons. The van der Waals surface area contributed by atoms with Gasteiger partial charge in [-0.3, -0.25) is 24.5 Å². The van der Waals surface area contributed by atoms with Crippen molar-refractivity contribution < 1.29 is 24.0 Å². The summed E-state index contributed by atoms with van der Waals surface area (Å²) >= 11 is 6.21. The Labute approximate surface area is 241 Å². The fraction of sp³-hybridized carbons (Fsp3) is 0.276. The number of nitrogens with one attached hydrogen (secondary N) is 1. The highest BCUT2D eigenvalue weighted by molar-refractivity contribution is 6.34. The van der Waals surface area contributed by atoms with E-state index in [-0.39, 0.29) is 60.3 Å². The first-order valence-corrected chi connectivity index (χ1v) is 13.4. The van der Waals surface area contributed by atoms with Gasteiger partial charge in [-0.1, -0.05) is 35.9 Å². The second-order valence-corrected chi connectivity index (χ2v) is 10.3. The Bertz CT molecular complexity index is 1490. The van der Waals surface area contributed by atoms with Crippen molar-refractivity contribution in [3.8, 4) is 5.75 Å². The Balaban J connectivity index is 1.33. The number of benzene rings is 3. The molecule has 0 bridgehead atoms. The van der Waals surface area contributed by atoms with E-state index in [0.29, 0.717) is 24.3 Å². The zero-order chi connectivity index (χ0) is 29.1. The van der Waals surface area contributed by atoms with E-state index in [9.17, 15) is 24.5 Å². The molecule has 3 amide bonds. The topological polar surface area (TPSA) is 125 Å². The minimum atomic E-state index is -0.937. The summed E-state index contributed by atoms with van der Waals surface area (Å²) in [6.07, 6.45) is 0.677. The number of para-hydroxylation sites is 1. The van der Waals surface area contributed by atoms with Gasteiger partial charge in [0.1, 0.15) is 17.8 Å². The van der Waals surface area contributed by atoms with Gasteiger partial charge in [0.15, 0.2) is 0 Å². The third kappa shape index (κ3) is 5.53. The number of carbonyl (C=O) groups is 3. The fourth-order valence-corrected chi connectivity index (χ4v) is 5.69. The molecular formula is C29H28ClN5O6. The van der Waals surface area contributed by atoms with Gasteiger partial charge in [-0.2, -0.15) is 0 Å². The van der Waals surface area contributed by atoms with Crippen LogP contribution in [0, 0.1) is 10.1 Å². The first-order valence-electron chi connectivity index (χ1n) is 13.0. The van der Waals surface area contributed by atoms with Crippen LogP contribution in [0.4, 0.5) is 17.1 Å². The van der Waals surface area contributed by atoms with Gasteiger partial charge in [0.2, 0.25) is 5.91 Å². The highest BCUT2D eigenvalue weighted by Gasteiger charge is 2.54. The number of ether oxygens (including phenoxy) is 1. The zero-order valence-corrected chi connectivity index (χ0v) is 23.0. The number of anilines is 2. The second-order valence-electron chi connectivity index (χ2n) is 9.93. The molecule has 0 radical (unpaired) electrons. The number of non-ortho nitro benzene ring substituents is 1. The minimum Gasteiger partial charge on any atom is -0.497 e. The number of carbonyl (C=O) groups excluding carboxylic acids is 3. The third-order valence-corrected chi connectivity index (χ3v) is 7.85. The maximum absolute atomic E-state index is 14.0. The van der Waals surface area contributed by atoms with Crippen LogP contribution in [0.1, 0.15) is 23.2 Å². The number of hydrogen-bond acceptors (Lipinski definition) is 7. The Hall–Kier alpha value is -4.64. The van der Waals surface area contributed by atoms with Gasteiger partial charge in [-0.25, -0.2) is 0 Å². The summed E-state index contributed by atoms with van der Waals surface area (Å²) in [7, 11) is 1.54. The Morgan fingerprint density at radius 2 is 1.78 bits per heavy atom. The van der Waals surface area contributed by atoms with Crippen molar-refractivity contribution in [3.05, 3.63) is 93.5 Å². The summed E-state index contributed by atoms with van der Waals surface area (Å²) in [5.74, 6) is -0.267. The summed E-state index contributed by atoms with van der Waals surface area (Å²) in [5, 5.41) is 13.9. The largest absolute Gasteiger partial charge is 0.497 e. The summed E-state index contributed by atoms with van der Waals surface area (Å²) in [4.78, 5) is 55.8. The standard InChI is InChI=1S/C29H28ClN5O6/c1-41-23-9-5-6-20(16-23)31-26(36)18-33-19-34(21-7-3-2-4-8-21)29(28(33)38)12-14-32(15-13-29)27(37)24-11-10-22(35(39)40)17-25(24)30/h2-11,16-17H,12-15,18-19H2,1H3,(H,31,36). The molecule has 1 N–H and O–H groups in total. The van der Waals surface area contributed by atoms with Gasteiger partial charge in [0.25, 0.3) is 17.5 Å². The van der Waals surface area contributed by atoms with E-state index in [1.807, 2.05) is 35.2 Å². The van der Waals surface area contributed by atoms with Crippen molar-refractivity contribution in [2.24, 2.45) is 0 Å². The lowest BCUT2D eigenvalue weighted by atomic mass is 9.85. The first kappa shape index (κ1) is 27.9. The number of nitro benzene ring substituents is 1. The summed E-state index contributed by atoms with van der Waals surface area (Å²) in [5.41, 5.74) is 0.437. The normalized spacial score (nSPS) is 16.1. The maximum Gasteiger partial charge on any atom is 0.270 e. The maximum atomic E-state index is 14.0. The number of hydrogen-bond donors (Lipinski definition) is 1. The third-order valence-electron chi connectivity index (χ3n) is 7.54. The summed E-state index contributed by atoms with van der Waals surface area (Å²) in [6.45, 7) is 0.620. The number of nitrogens with zero attached hydrogens (tertiary/aromatic N) is 4. The Morgan fingerprint density at radius 3 is 2.44 bits per heavy atom. The number of likely N-dealkylation sites (tertiary alicyclic amines) is 1. The number of nitro groups is 1. The summed E-state index contributed by atoms with van der Waals surface area (Å²) in [6, 6.07) is 20.2. The van der Waals surface area contributed by atoms with Crippen molar-refractivity contribution in [3.63, 3.8) is 0 Å². The number of methoxy groups -OCH3 is 1. The van der Waals surface area contributed by atoms with Crippen LogP contribution in [-0.4, -0.2) is 71.4 Å². The fourth-order valence-electron chi connectivity index (χ4n) is 5.44. The molecule has 11 nitrogen and oxygen atoms in total. The molecular weight excluding hydrogens is 550 g/mol. The highest BCUT2D eigenvalue weighted by Crippen LogP contribution is 2.40. The molecule has 0 unspecified atom stereocenters. The van der Waals surface area contributed by atoms with E-state index in [4.69, 9.17) is 16.3 Å². The van der Waals surface area contributed by atoms with E-state index in [1.54, 1.807) is 36.3 Å². The number of rotatable bonds is 7. The second kappa shape index (κ2) is 11.5. The van der Waals surface area contributed by atoms with Crippen LogP contribution >= 0.6 is 11.6 Å². The molecule has 1 spiro atoms. The van der Waals surface area contributed by atoms with Gasteiger partial charge in [-0.15, -0.1) is 0 Å². The number of halogens is 1. The molecule has 2 aliphatic heterocycles. The lowest BCUT2D eigenvalue weighted by Gasteiger charge is -2.43. The van der Waals surface area contributed by atoms with Crippen LogP contribution < -0.4 is 15.0 Å². The predicted octanol–water partition coefficient (Wildman–Crippen LogP) is 4.18. The average molecular weight is 578 g/mol. The molecule has 5 rings (SSSR count). The lowest BCUT2D eigenvalue weighted by molar-refractivity contribution is -0.384. The molecule has 12 heteroatoms. The molecule has 3 aromatic rings. The lowest BCUT2D eigenvalue weighted by Crippen LogP contribution is -2.57. The molecule has 2 aliphatic rings. The van der Waals surface area contributed by atoms with E-state index in [1.165, 1.54) is 17.0 Å². The number of amides is 3. The van der Waals surface area contributed by atoms with Crippen LogP contribution in [0.3, 0.4) is 0 Å². The first-order chi connectivity index (χ1) is 19.7. The molecule has 2 saturated heterocycles. The van der Waals surface area contributed by atoms with Crippen LogP contribution in [0.2, 0.25) is 5.02 Å². The van der Waals surface area contributed by atoms with Crippen molar-refractivity contribution in [1.29, 1.82) is 0 Å². The molecule has 0 aliphatic carbocycles. The molecule has 2 heterocycles. The molecule has 0 aromatic heterocycles. The van der Waals surface area contributed by atoms with Crippen LogP contribution in [-0.2, 0) is 9.59 Å². The monoisotopic (exact) mass is 577 g/mol. The molecule has 2 fully saturated rings. The van der Waals surface area contributed by atoms with Crippen molar-refractivity contribution in [2.45, 2.75) is 18.4 Å². The van der Waals surface area contributed by atoms with Crippen LogP contribution in [0.5, 0.6) is 5.75 Å². The predicted molar refractivity (Wildman–Crippen MR) is 153 cm³/mol. The van der Waals surface area contributed by atoms with Gasteiger partial charge in [-0.05, 0) is 43.2 Å². The Kier molecular flexibility index (Phi) is 7.80. The minimum absolute atomic E-state index is 0.000523. The molecule has 0 saturated carbocycles. The van der Waals surface area contributed by atoms with Gasteiger partial charge < -0.3 is 24.8 Å². The zero-order valence-electron chi connectivity index (χ0n) is 22.3. The van der Waals surface area contributed by atoms with Crippen molar-refractivity contribution in [1.82, 2.24) is 9.80 Å². The SMILES string of the molecule is COc1cccc(NC(=O)CN2CN(c3ccccc3)C3(CCN(C(=O)c4ccc([N+](=O)[O-])cc4Cl)CC3)C2=O)c1. The van der Waals surface area contributed by atoms with Gasteiger partial charge in [0, 0.05) is 42.7 Å². The van der Waals surface area contributed by atoms with Crippen LogP contribution in [0.15, 0.2) is 72.8 Å². The van der Waals surface area contributed by atoms with Crippen LogP contribution in [0.25, 0.3) is 0 Å². The van der Waals surface area contributed by atoms with E-state index >= 15 is 0 Å². The molecule has 3 aromatic carbocycles. The summed E-state index contributed by atoms with van der Waals surface area (Å²) < 4.78 is 5.22. The highest BCUT2D eigenvalue weighted by atomic mass is 35.5. The van der Waals surface area contributed by atoms with E-state index in [2.05, 4.69) is 5.32 Å². The average Bonchev–Trinajstić information content (AvgIpc) is 3.23. The van der Waals surface area contributed by atoms with Gasteiger partial charge >= 0.3 is 0 Å². The van der Waals surface area contributed by atoms with Crippen molar-refractivity contribution >= 4 is 46.4 Å². The van der Waals surface area contributed by atoms with E-state index < -0.39 is 10.5 Å². The quantitative estimate of drug-likeness (QED) is 0.330. The van der Waals surface area contributed by atoms with Crippen molar-refractivity contribution in [2.75, 3.05) is 43.6 Å². The molecule has 41 heavy (non-hydrogen) atoms. The molecule has 0 atom stereocenters. The van der Waals surface area contributed by atoms with E-state index in [0.717, 1.165) is 11.8 Å². The number of piperidine rings is 1. The Morgan fingerprint density at radius 1 is 1.05 bits per heavy atom. The smallest absolute Gasteiger partial charge is 0.270 e. The van der Waals surface area contributed by atoms with Gasteiger partial charge in [0.05, 0.1) is 29.3 Å².